The number of hydrogen-bond donors (Lipinski definition) is 0. The van der Waals surface area contributed by atoms with E-state index >= 15 is 0 Å². The molecule has 4 nitrogen and oxygen atoms in total. The van der Waals surface area contributed by atoms with Crippen LogP contribution in [0.3, 0.4) is 0 Å². The molecule has 27 heavy (non-hydrogen) atoms. The van der Waals surface area contributed by atoms with Crippen molar-refractivity contribution in [2.24, 2.45) is 5.92 Å². The van der Waals surface area contributed by atoms with E-state index in [1.165, 1.54) is 57.3 Å². The monoisotopic (exact) mass is 373 g/mol. The van der Waals surface area contributed by atoms with E-state index in [4.69, 9.17) is 14.2 Å². The molecule has 0 aromatic heterocycles. The van der Waals surface area contributed by atoms with Crippen molar-refractivity contribution in [3.63, 3.8) is 0 Å². The van der Waals surface area contributed by atoms with E-state index in [-0.39, 0.29) is 5.79 Å². The zero-order valence-electron chi connectivity index (χ0n) is 16.7. The maximum Gasteiger partial charge on any atom is 0.168 e. The fourth-order valence-electron chi connectivity index (χ4n) is 4.82. The standard InChI is InChI=1S/C23H35NO3/c1-2-13-24(14-3-1)15-4-16-25-22-7-5-20(6-8-22)19-21-9-11-23(12-10-21)26-17-18-27-23/h5-8,21H,1-4,9-19H2. The summed E-state index contributed by atoms with van der Waals surface area (Å²) in [6.45, 7) is 6.08. The van der Waals surface area contributed by atoms with E-state index in [1.807, 2.05) is 0 Å². The van der Waals surface area contributed by atoms with Gasteiger partial charge >= 0.3 is 0 Å². The highest BCUT2D eigenvalue weighted by Crippen LogP contribution is 2.39. The molecular formula is C23H35NO3. The van der Waals surface area contributed by atoms with Crippen LogP contribution in [-0.2, 0) is 15.9 Å². The zero-order valence-corrected chi connectivity index (χ0v) is 16.7. The molecule has 2 saturated heterocycles. The Bertz CT molecular complexity index is 551. The van der Waals surface area contributed by atoms with Crippen LogP contribution in [0.1, 0.15) is 56.9 Å². The van der Waals surface area contributed by atoms with Crippen molar-refractivity contribution >= 4 is 0 Å². The normalized spacial score (nSPS) is 23.7. The first-order valence-corrected chi connectivity index (χ1v) is 11.0. The van der Waals surface area contributed by atoms with Crippen molar-refractivity contribution < 1.29 is 14.2 Å². The van der Waals surface area contributed by atoms with E-state index in [1.54, 1.807) is 0 Å². The molecule has 4 rings (SSSR count). The molecule has 0 bridgehead atoms. The summed E-state index contributed by atoms with van der Waals surface area (Å²) >= 11 is 0. The molecule has 150 valence electrons. The Morgan fingerprint density at radius 1 is 0.963 bits per heavy atom. The summed E-state index contributed by atoms with van der Waals surface area (Å²) in [5, 5.41) is 0. The first-order chi connectivity index (χ1) is 13.3. The lowest BCUT2D eigenvalue weighted by atomic mass is 9.81. The van der Waals surface area contributed by atoms with Crippen molar-refractivity contribution in [2.75, 3.05) is 39.5 Å². The lowest BCUT2D eigenvalue weighted by molar-refractivity contribution is -0.182. The molecule has 0 atom stereocenters. The molecule has 1 spiro atoms. The van der Waals surface area contributed by atoms with Gasteiger partial charge in [-0.05, 0) is 75.2 Å². The topological polar surface area (TPSA) is 30.9 Å². The maximum absolute atomic E-state index is 5.95. The Morgan fingerprint density at radius 2 is 1.67 bits per heavy atom. The third-order valence-electron chi connectivity index (χ3n) is 6.46. The average molecular weight is 374 g/mol. The van der Waals surface area contributed by atoms with Crippen molar-refractivity contribution in [1.82, 2.24) is 4.90 Å². The van der Waals surface area contributed by atoms with Gasteiger partial charge in [0, 0.05) is 19.4 Å². The molecule has 1 saturated carbocycles. The third kappa shape index (κ3) is 5.46. The fraction of sp³-hybridized carbons (Fsp3) is 0.739. The van der Waals surface area contributed by atoms with Crippen molar-refractivity contribution in [2.45, 2.75) is 63.6 Å². The molecule has 0 N–H and O–H groups in total. The van der Waals surface area contributed by atoms with Gasteiger partial charge < -0.3 is 19.1 Å². The molecule has 2 aliphatic heterocycles. The Hall–Kier alpha value is -1.10. The predicted octanol–water partition coefficient (Wildman–Crippen LogP) is 4.42. The highest BCUT2D eigenvalue weighted by molar-refractivity contribution is 5.27. The average Bonchev–Trinajstić information content (AvgIpc) is 3.17. The number of nitrogens with zero attached hydrogens (tertiary/aromatic N) is 1. The Balaban J connectivity index is 1.14. The fourth-order valence-corrected chi connectivity index (χ4v) is 4.82. The second-order valence-electron chi connectivity index (χ2n) is 8.50. The summed E-state index contributed by atoms with van der Waals surface area (Å²) in [5.41, 5.74) is 1.42. The van der Waals surface area contributed by atoms with Gasteiger partial charge in [-0.2, -0.15) is 0 Å². The van der Waals surface area contributed by atoms with Gasteiger partial charge in [0.1, 0.15) is 5.75 Å². The summed E-state index contributed by atoms with van der Waals surface area (Å²) in [6, 6.07) is 8.77. The maximum atomic E-state index is 5.95. The zero-order chi connectivity index (χ0) is 18.4. The molecule has 3 aliphatic rings. The van der Waals surface area contributed by atoms with Gasteiger partial charge in [-0.15, -0.1) is 0 Å². The van der Waals surface area contributed by atoms with Gasteiger partial charge in [0.15, 0.2) is 5.79 Å². The molecule has 0 radical (unpaired) electrons. The predicted molar refractivity (Wildman–Crippen MR) is 107 cm³/mol. The Morgan fingerprint density at radius 3 is 2.37 bits per heavy atom. The van der Waals surface area contributed by atoms with E-state index in [0.717, 1.165) is 57.2 Å². The molecule has 0 amide bonds. The lowest BCUT2D eigenvalue weighted by Crippen LogP contribution is -2.35. The van der Waals surface area contributed by atoms with Gasteiger partial charge in [-0.1, -0.05) is 18.6 Å². The van der Waals surface area contributed by atoms with Crippen LogP contribution in [0, 0.1) is 5.92 Å². The number of benzene rings is 1. The molecule has 0 unspecified atom stereocenters. The summed E-state index contributed by atoms with van der Waals surface area (Å²) in [7, 11) is 0. The Kier molecular flexibility index (Phi) is 6.69. The molecule has 2 heterocycles. The minimum atomic E-state index is -0.234. The van der Waals surface area contributed by atoms with Crippen LogP contribution in [0.15, 0.2) is 24.3 Å². The van der Waals surface area contributed by atoms with E-state index in [9.17, 15) is 0 Å². The first-order valence-electron chi connectivity index (χ1n) is 11.0. The van der Waals surface area contributed by atoms with Gasteiger partial charge in [0.25, 0.3) is 0 Å². The smallest absolute Gasteiger partial charge is 0.168 e. The minimum absolute atomic E-state index is 0.234. The van der Waals surface area contributed by atoms with Crippen LogP contribution in [-0.4, -0.2) is 50.1 Å². The van der Waals surface area contributed by atoms with Crippen LogP contribution >= 0.6 is 0 Å². The van der Waals surface area contributed by atoms with Gasteiger partial charge in [-0.25, -0.2) is 0 Å². The van der Waals surface area contributed by atoms with Gasteiger partial charge in [-0.3, -0.25) is 0 Å². The summed E-state index contributed by atoms with van der Waals surface area (Å²) in [5.74, 6) is 1.52. The summed E-state index contributed by atoms with van der Waals surface area (Å²) in [6.07, 6.45) is 10.9. The van der Waals surface area contributed by atoms with Crippen LogP contribution < -0.4 is 4.74 Å². The summed E-state index contributed by atoms with van der Waals surface area (Å²) < 4.78 is 17.6. The van der Waals surface area contributed by atoms with Crippen LogP contribution in [0.2, 0.25) is 0 Å². The van der Waals surface area contributed by atoms with Crippen molar-refractivity contribution in [3.8, 4) is 5.75 Å². The van der Waals surface area contributed by atoms with Crippen LogP contribution in [0.5, 0.6) is 5.75 Å². The number of piperidine rings is 1. The SMILES string of the molecule is c1cc(OCCCN2CCCCC2)ccc1CC1CCC2(CC1)OCCO2. The number of rotatable bonds is 7. The van der Waals surface area contributed by atoms with Crippen molar-refractivity contribution in [1.29, 1.82) is 0 Å². The second-order valence-corrected chi connectivity index (χ2v) is 8.50. The lowest BCUT2D eigenvalue weighted by Gasteiger charge is -2.35. The van der Waals surface area contributed by atoms with E-state index in [0.29, 0.717) is 0 Å². The van der Waals surface area contributed by atoms with Crippen LogP contribution in [0.25, 0.3) is 0 Å². The van der Waals surface area contributed by atoms with Crippen LogP contribution in [0.4, 0.5) is 0 Å². The molecule has 1 aromatic rings. The molecule has 1 aromatic carbocycles. The molecule has 4 heteroatoms. The van der Waals surface area contributed by atoms with Gasteiger partial charge in [0.05, 0.1) is 19.8 Å². The van der Waals surface area contributed by atoms with E-state index < -0.39 is 0 Å². The minimum Gasteiger partial charge on any atom is -0.494 e. The van der Waals surface area contributed by atoms with Gasteiger partial charge in [0.2, 0.25) is 0 Å². The highest BCUT2D eigenvalue weighted by atomic mass is 16.7. The van der Waals surface area contributed by atoms with Crippen molar-refractivity contribution in [3.05, 3.63) is 29.8 Å². The number of likely N-dealkylation sites (tertiary alicyclic amines) is 1. The second kappa shape index (κ2) is 9.40. The number of ether oxygens (including phenoxy) is 3. The van der Waals surface area contributed by atoms with E-state index in [2.05, 4.69) is 29.2 Å². The Labute approximate surface area is 164 Å². The largest absolute Gasteiger partial charge is 0.494 e. The number of hydrogen-bond acceptors (Lipinski definition) is 4. The highest BCUT2D eigenvalue weighted by Gasteiger charge is 2.40. The summed E-state index contributed by atoms with van der Waals surface area (Å²) in [4.78, 5) is 2.58. The first kappa shape index (κ1) is 19.2. The molecule has 1 aliphatic carbocycles. The third-order valence-corrected chi connectivity index (χ3v) is 6.46. The molecular weight excluding hydrogens is 338 g/mol. The quantitative estimate of drug-likeness (QED) is 0.662. The molecule has 3 fully saturated rings.